The molecule has 1 aliphatic heterocycles. The highest BCUT2D eigenvalue weighted by Gasteiger charge is 2.13. The van der Waals surface area contributed by atoms with Crippen LogP contribution in [-0.2, 0) is 19.1 Å². The van der Waals surface area contributed by atoms with Gasteiger partial charge in [0.15, 0.2) is 6.29 Å². The number of amides is 1. The van der Waals surface area contributed by atoms with E-state index in [4.69, 9.17) is 14.3 Å². The first-order valence-electron chi connectivity index (χ1n) is 6.95. The Hall–Kier alpha value is -0.910. The Kier molecular flexibility index (Phi) is 8.45. The summed E-state index contributed by atoms with van der Waals surface area (Å²) in [5, 5.41) is 1.19. The van der Waals surface area contributed by atoms with Gasteiger partial charge in [-0.25, -0.2) is 5.06 Å². The lowest BCUT2D eigenvalue weighted by molar-refractivity contribution is -0.162. The molecule has 1 aliphatic rings. The number of unbranched alkanes of at least 4 members (excludes halogenated alkanes) is 2. The first-order valence-corrected chi connectivity index (χ1v) is 6.95. The van der Waals surface area contributed by atoms with Gasteiger partial charge in [-0.2, -0.15) is 0 Å². The van der Waals surface area contributed by atoms with Crippen LogP contribution < -0.4 is 0 Å². The van der Waals surface area contributed by atoms with Gasteiger partial charge >= 0.3 is 0 Å². The van der Waals surface area contributed by atoms with Gasteiger partial charge in [-0.1, -0.05) is 6.08 Å². The lowest BCUT2D eigenvalue weighted by Crippen LogP contribution is -2.23. The van der Waals surface area contributed by atoms with Crippen molar-refractivity contribution in [1.82, 2.24) is 5.06 Å². The van der Waals surface area contributed by atoms with Gasteiger partial charge in [0.25, 0.3) is 5.91 Å². The van der Waals surface area contributed by atoms with Gasteiger partial charge in [0, 0.05) is 26.3 Å². The number of likely N-dealkylation sites (N-methyl/N-ethyl adjacent to an activating group) is 1. The number of allylic oxidation sites excluding steroid dienone is 1. The number of carbonyl (C=O) groups is 1. The zero-order valence-corrected chi connectivity index (χ0v) is 12.0. The molecule has 5 heteroatoms. The van der Waals surface area contributed by atoms with Gasteiger partial charge in [-0.15, -0.1) is 0 Å². The average molecular weight is 271 g/mol. The molecule has 0 aliphatic carbocycles. The normalized spacial score (nSPS) is 19.8. The third-order valence-corrected chi connectivity index (χ3v) is 3.05. The third-order valence-electron chi connectivity index (χ3n) is 3.05. The first-order chi connectivity index (χ1) is 9.24. The Morgan fingerprint density at radius 1 is 1.42 bits per heavy atom. The van der Waals surface area contributed by atoms with Gasteiger partial charge in [-0.3, -0.25) is 9.63 Å². The molecule has 110 valence electrons. The zero-order valence-electron chi connectivity index (χ0n) is 12.0. The molecule has 0 aromatic rings. The van der Waals surface area contributed by atoms with E-state index in [9.17, 15) is 4.79 Å². The molecule has 0 bridgehead atoms. The second kappa shape index (κ2) is 9.95. The molecule has 1 unspecified atom stereocenters. The minimum atomic E-state index is -0.144. The Bertz CT molecular complexity index is 275. The van der Waals surface area contributed by atoms with E-state index < -0.39 is 0 Å². The third kappa shape index (κ3) is 7.30. The van der Waals surface area contributed by atoms with Crippen LogP contribution >= 0.6 is 0 Å². The molecule has 1 saturated heterocycles. The summed E-state index contributed by atoms with van der Waals surface area (Å²) < 4.78 is 11.1. The van der Waals surface area contributed by atoms with Gasteiger partial charge in [0.05, 0.1) is 7.11 Å². The van der Waals surface area contributed by atoms with E-state index in [1.165, 1.54) is 24.7 Å². The van der Waals surface area contributed by atoms with Gasteiger partial charge < -0.3 is 9.47 Å². The highest BCUT2D eigenvalue weighted by Crippen LogP contribution is 2.14. The summed E-state index contributed by atoms with van der Waals surface area (Å²) in [5.41, 5.74) is 0. The molecule has 1 heterocycles. The minimum absolute atomic E-state index is 0.00113. The lowest BCUT2D eigenvalue weighted by atomic mass is 10.2. The van der Waals surface area contributed by atoms with Crippen molar-refractivity contribution in [3.05, 3.63) is 12.2 Å². The molecule has 1 amide bonds. The maximum atomic E-state index is 11.3. The van der Waals surface area contributed by atoms with Crippen molar-refractivity contribution in [1.29, 1.82) is 0 Å². The molecule has 1 rings (SSSR count). The van der Waals surface area contributed by atoms with Crippen molar-refractivity contribution in [3.8, 4) is 0 Å². The maximum Gasteiger partial charge on any atom is 0.269 e. The monoisotopic (exact) mass is 271 g/mol. The minimum Gasteiger partial charge on any atom is -0.353 e. The van der Waals surface area contributed by atoms with Crippen molar-refractivity contribution in [3.63, 3.8) is 0 Å². The highest BCUT2D eigenvalue weighted by atomic mass is 16.7. The molecule has 1 fully saturated rings. The van der Waals surface area contributed by atoms with Crippen molar-refractivity contribution in [2.24, 2.45) is 0 Å². The van der Waals surface area contributed by atoms with E-state index >= 15 is 0 Å². The standard InChI is InChI=1S/C14H25NO4/c1-15(17-2)13(16)9-5-3-4-7-11-18-14-10-6-8-12-19-14/h5,9,14H,3-4,6-8,10-12H2,1-2H3/b9-5-. The molecule has 0 aromatic carbocycles. The van der Waals surface area contributed by atoms with E-state index in [-0.39, 0.29) is 12.2 Å². The second-order valence-electron chi connectivity index (χ2n) is 4.58. The number of carbonyl (C=O) groups excluding carboxylic acids is 1. The van der Waals surface area contributed by atoms with Crippen molar-refractivity contribution < 1.29 is 19.1 Å². The predicted molar refractivity (Wildman–Crippen MR) is 72.3 cm³/mol. The Morgan fingerprint density at radius 2 is 2.26 bits per heavy atom. The van der Waals surface area contributed by atoms with Crippen LogP contribution in [0, 0.1) is 0 Å². The van der Waals surface area contributed by atoms with E-state index in [1.54, 1.807) is 7.05 Å². The van der Waals surface area contributed by atoms with E-state index in [0.717, 1.165) is 45.3 Å². The summed E-state index contributed by atoms with van der Waals surface area (Å²) >= 11 is 0. The highest BCUT2D eigenvalue weighted by molar-refractivity contribution is 5.86. The number of hydroxylamine groups is 2. The van der Waals surface area contributed by atoms with E-state index in [2.05, 4.69) is 0 Å². The summed E-state index contributed by atoms with van der Waals surface area (Å²) in [5.74, 6) is -0.144. The molecule has 0 N–H and O–H groups in total. The largest absolute Gasteiger partial charge is 0.353 e. The SMILES string of the molecule is CON(C)C(=O)/C=C\CCCCOC1CCCCO1. The van der Waals surface area contributed by atoms with Crippen LogP contribution in [0.5, 0.6) is 0 Å². The van der Waals surface area contributed by atoms with Crippen LogP contribution in [0.2, 0.25) is 0 Å². The second-order valence-corrected chi connectivity index (χ2v) is 4.58. The van der Waals surface area contributed by atoms with Crippen LogP contribution in [0.15, 0.2) is 12.2 Å². The molecular weight excluding hydrogens is 246 g/mol. The van der Waals surface area contributed by atoms with Crippen LogP contribution in [0.4, 0.5) is 0 Å². The fraction of sp³-hybridized carbons (Fsp3) is 0.786. The molecular formula is C14H25NO4. The smallest absolute Gasteiger partial charge is 0.269 e. The molecule has 5 nitrogen and oxygen atoms in total. The summed E-state index contributed by atoms with van der Waals surface area (Å²) in [6.45, 7) is 1.55. The number of hydrogen-bond donors (Lipinski definition) is 0. The van der Waals surface area contributed by atoms with E-state index in [0.29, 0.717) is 0 Å². The molecule has 0 radical (unpaired) electrons. The Balaban J connectivity index is 1.95. The molecule has 0 spiro atoms. The average Bonchev–Trinajstić information content (AvgIpc) is 2.46. The lowest BCUT2D eigenvalue weighted by Gasteiger charge is -2.22. The fourth-order valence-corrected chi connectivity index (χ4v) is 1.80. The van der Waals surface area contributed by atoms with Crippen molar-refractivity contribution in [2.75, 3.05) is 27.4 Å². The molecule has 0 saturated carbocycles. The molecule has 0 aromatic heterocycles. The van der Waals surface area contributed by atoms with Crippen LogP contribution in [-0.4, -0.2) is 44.6 Å². The summed E-state index contributed by atoms with van der Waals surface area (Å²) in [4.78, 5) is 16.1. The first kappa shape index (κ1) is 16.1. The Morgan fingerprint density at radius 3 is 2.95 bits per heavy atom. The van der Waals surface area contributed by atoms with E-state index in [1.807, 2.05) is 6.08 Å². The number of rotatable bonds is 8. The van der Waals surface area contributed by atoms with Gasteiger partial charge in [0.1, 0.15) is 0 Å². The molecule has 1 atom stereocenters. The maximum absolute atomic E-state index is 11.3. The quantitative estimate of drug-likeness (QED) is 0.386. The zero-order chi connectivity index (χ0) is 13.9. The summed E-state index contributed by atoms with van der Waals surface area (Å²) in [6.07, 6.45) is 9.63. The summed E-state index contributed by atoms with van der Waals surface area (Å²) in [7, 11) is 3.06. The number of nitrogens with zero attached hydrogens (tertiary/aromatic N) is 1. The Labute approximate surface area is 115 Å². The fourth-order valence-electron chi connectivity index (χ4n) is 1.80. The van der Waals surface area contributed by atoms with Crippen LogP contribution in [0.3, 0.4) is 0 Å². The van der Waals surface area contributed by atoms with Crippen LogP contribution in [0.1, 0.15) is 38.5 Å². The molecule has 19 heavy (non-hydrogen) atoms. The summed E-state index contributed by atoms with van der Waals surface area (Å²) in [6, 6.07) is 0. The van der Waals surface area contributed by atoms with Gasteiger partial charge in [-0.05, 0) is 38.5 Å². The van der Waals surface area contributed by atoms with Gasteiger partial charge in [0.2, 0.25) is 0 Å². The predicted octanol–water partition coefficient (Wildman–Crippen LogP) is 2.28. The topological polar surface area (TPSA) is 48.0 Å². The van der Waals surface area contributed by atoms with Crippen LogP contribution in [0.25, 0.3) is 0 Å². The number of ether oxygens (including phenoxy) is 2. The van der Waals surface area contributed by atoms with Crippen molar-refractivity contribution in [2.45, 2.75) is 44.8 Å². The number of hydrogen-bond acceptors (Lipinski definition) is 4. The van der Waals surface area contributed by atoms with Crippen molar-refractivity contribution >= 4 is 5.91 Å².